The zero-order valence-corrected chi connectivity index (χ0v) is 23.6. The highest BCUT2D eigenvalue weighted by atomic mass is 31.1. The molecule has 3 heteroatoms. The summed E-state index contributed by atoms with van der Waals surface area (Å²) in [5.74, 6) is 0. The molecule has 3 aromatic rings. The Morgan fingerprint density at radius 3 is 1.15 bits per heavy atom. The summed E-state index contributed by atoms with van der Waals surface area (Å²) < 4.78 is 0. The summed E-state index contributed by atoms with van der Waals surface area (Å²) in [4.78, 5) is 0. The molecule has 0 aromatic heterocycles. The van der Waals surface area contributed by atoms with E-state index in [1.807, 2.05) is 0 Å². The second kappa shape index (κ2) is 11.8. The molecule has 0 saturated carbocycles. The fourth-order valence-electron chi connectivity index (χ4n) is 5.41. The van der Waals surface area contributed by atoms with Gasteiger partial charge in [-0.15, -0.1) is 0 Å². The van der Waals surface area contributed by atoms with Crippen molar-refractivity contribution in [3.63, 3.8) is 0 Å². The molecule has 0 N–H and O–H groups in total. The van der Waals surface area contributed by atoms with Gasteiger partial charge in [0.2, 0.25) is 6.71 Å². The van der Waals surface area contributed by atoms with Crippen molar-refractivity contribution in [3.8, 4) is 0 Å². The van der Waals surface area contributed by atoms with Crippen molar-refractivity contribution in [2.45, 2.75) is 78.0 Å². The van der Waals surface area contributed by atoms with Crippen LogP contribution in [-0.2, 0) is 0 Å². The van der Waals surface area contributed by atoms with Gasteiger partial charge in [0.25, 0.3) is 0 Å². The van der Waals surface area contributed by atoms with Gasteiger partial charge in [-0.1, -0.05) is 166 Å². The zero-order valence-electron chi connectivity index (χ0n) is 21.8. The minimum atomic E-state index is -0.252. The van der Waals surface area contributed by atoms with Gasteiger partial charge in [-0.3, -0.25) is 0 Å². The highest BCUT2D eigenvalue weighted by Crippen LogP contribution is 2.45. The summed E-state index contributed by atoms with van der Waals surface area (Å²) >= 11 is 0. The predicted molar refractivity (Wildman–Crippen MR) is 158 cm³/mol. The Bertz CT molecular complexity index is 931. The summed E-state index contributed by atoms with van der Waals surface area (Å²) in [6.07, 6.45) is 0. The van der Waals surface area contributed by atoms with E-state index in [9.17, 15) is 0 Å². The first-order chi connectivity index (χ1) is 15.7. The molecule has 0 radical (unpaired) electrons. The Labute approximate surface area is 206 Å². The molecule has 0 heterocycles. The van der Waals surface area contributed by atoms with Crippen LogP contribution in [0.5, 0.6) is 0 Å². The fraction of sp³-hybridized carbons (Fsp3) is 0.400. The Balaban J connectivity index is 2.32. The van der Waals surface area contributed by atoms with Gasteiger partial charge in [-0.2, -0.15) is 0 Å². The van der Waals surface area contributed by atoms with E-state index < -0.39 is 0 Å². The molecule has 0 nitrogen and oxygen atoms in total. The minimum absolute atomic E-state index is 0.252. The zero-order chi connectivity index (χ0) is 24.1. The topological polar surface area (TPSA) is 0 Å². The van der Waals surface area contributed by atoms with Crippen LogP contribution >= 0.6 is 15.8 Å². The summed E-state index contributed by atoms with van der Waals surface area (Å²) in [6, 6.07) is 29.9. The lowest BCUT2D eigenvalue weighted by Gasteiger charge is -2.33. The normalized spacial score (nSPS) is 12.1. The molecule has 0 aliphatic carbocycles. The Morgan fingerprint density at radius 2 is 0.788 bits per heavy atom. The van der Waals surface area contributed by atoms with Crippen molar-refractivity contribution < 1.29 is 0 Å². The van der Waals surface area contributed by atoms with Gasteiger partial charge in [0.05, 0.1) is 0 Å². The summed E-state index contributed by atoms with van der Waals surface area (Å²) in [7, 11) is -0.505. The third-order valence-electron chi connectivity index (χ3n) is 6.41. The lowest BCUT2D eigenvalue weighted by atomic mass is 9.37. The average Bonchev–Trinajstić information content (AvgIpc) is 2.76. The molecule has 0 saturated heterocycles. The molecule has 174 valence electrons. The summed E-state index contributed by atoms with van der Waals surface area (Å²) in [6.45, 7) is 19.5. The quantitative estimate of drug-likeness (QED) is 0.262. The molecular formula is C30H41BP2. The first-order valence-electron chi connectivity index (χ1n) is 12.5. The molecule has 3 rings (SSSR count). The molecule has 0 fully saturated rings. The van der Waals surface area contributed by atoms with E-state index in [4.69, 9.17) is 0 Å². The van der Waals surface area contributed by atoms with Crippen LogP contribution in [0.2, 0.25) is 0 Å². The lowest BCUT2D eigenvalue weighted by molar-refractivity contribution is 1.02. The number of rotatable bonds is 9. The van der Waals surface area contributed by atoms with E-state index >= 15 is 0 Å². The maximum atomic E-state index is 2.42. The molecule has 0 aliphatic heterocycles. The average molecular weight is 474 g/mol. The molecule has 0 amide bonds. The fourth-order valence-corrected chi connectivity index (χ4v) is 11.5. The highest BCUT2D eigenvalue weighted by molar-refractivity contribution is 7.68. The number of hydrogen-bond acceptors (Lipinski definition) is 0. The van der Waals surface area contributed by atoms with Crippen molar-refractivity contribution in [3.05, 3.63) is 78.9 Å². The lowest BCUT2D eigenvalue weighted by Crippen LogP contribution is -2.60. The summed E-state index contributed by atoms with van der Waals surface area (Å²) in [5, 5.41) is 3.17. The molecule has 3 aromatic carbocycles. The van der Waals surface area contributed by atoms with Crippen molar-refractivity contribution >= 4 is 49.6 Å². The molecule has 0 aliphatic rings. The SMILES string of the molecule is CC(C)P(c1ccccc1B(c1ccccc1)c1ccccc1P(C(C)C)C(C)C)C(C)C. The third-order valence-corrected chi connectivity index (χ3v) is 12.8. The number of benzene rings is 3. The van der Waals surface area contributed by atoms with Crippen LogP contribution < -0.4 is 27.0 Å². The van der Waals surface area contributed by atoms with E-state index in [0.29, 0.717) is 22.6 Å². The molecule has 0 spiro atoms. The van der Waals surface area contributed by atoms with Crippen LogP contribution in [0.3, 0.4) is 0 Å². The standard InChI is InChI=1S/C30H41BP2/c1-22(2)32(23(3)4)29-20-14-12-18-27(29)31(26-16-10-9-11-17-26)28-19-13-15-21-30(28)33(24(5)6)25(7)8/h9-25H,1-8H3. The van der Waals surface area contributed by atoms with E-state index in [2.05, 4.69) is 134 Å². The van der Waals surface area contributed by atoms with Crippen molar-refractivity contribution in [1.29, 1.82) is 0 Å². The van der Waals surface area contributed by atoms with Gasteiger partial charge in [0, 0.05) is 0 Å². The third kappa shape index (κ3) is 5.99. The molecular weight excluding hydrogens is 433 g/mol. The van der Waals surface area contributed by atoms with Gasteiger partial charge in [0.1, 0.15) is 0 Å². The Hall–Kier alpha value is -1.42. The molecule has 0 unspecified atom stereocenters. The Morgan fingerprint density at radius 1 is 0.455 bits per heavy atom. The molecule has 0 bridgehead atoms. The van der Waals surface area contributed by atoms with Gasteiger partial charge < -0.3 is 0 Å². The van der Waals surface area contributed by atoms with Gasteiger partial charge in [-0.25, -0.2) is 0 Å². The van der Waals surface area contributed by atoms with Crippen LogP contribution in [0, 0.1) is 0 Å². The number of hydrogen-bond donors (Lipinski definition) is 0. The van der Waals surface area contributed by atoms with Crippen molar-refractivity contribution in [2.75, 3.05) is 0 Å². The maximum absolute atomic E-state index is 2.42. The first-order valence-corrected chi connectivity index (χ1v) is 15.5. The monoisotopic (exact) mass is 474 g/mol. The van der Waals surface area contributed by atoms with Gasteiger partial charge in [0.15, 0.2) is 0 Å². The van der Waals surface area contributed by atoms with E-state index in [1.165, 1.54) is 16.4 Å². The Kier molecular flexibility index (Phi) is 9.38. The highest BCUT2D eigenvalue weighted by Gasteiger charge is 2.32. The molecule has 0 atom stereocenters. The van der Waals surface area contributed by atoms with Crippen LogP contribution in [0.15, 0.2) is 78.9 Å². The van der Waals surface area contributed by atoms with Crippen LogP contribution in [0.25, 0.3) is 0 Å². The van der Waals surface area contributed by atoms with Crippen LogP contribution in [0.1, 0.15) is 55.4 Å². The van der Waals surface area contributed by atoms with Gasteiger partial charge in [-0.05, 0) is 33.2 Å². The predicted octanol–water partition coefficient (Wildman–Crippen LogP) is 6.05. The van der Waals surface area contributed by atoms with E-state index in [-0.39, 0.29) is 22.6 Å². The van der Waals surface area contributed by atoms with Gasteiger partial charge >= 0.3 is 0 Å². The van der Waals surface area contributed by atoms with E-state index in [0.717, 1.165) is 0 Å². The van der Waals surface area contributed by atoms with Crippen LogP contribution in [0.4, 0.5) is 0 Å². The first kappa shape index (κ1) is 26.2. The largest absolute Gasteiger partial charge is 0.242 e. The smallest absolute Gasteiger partial charge is 0.0706 e. The van der Waals surface area contributed by atoms with Crippen molar-refractivity contribution in [1.82, 2.24) is 0 Å². The van der Waals surface area contributed by atoms with Crippen molar-refractivity contribution in [2.24, 2.45) is 0 Å². The second-order valence-electron chi connectivity index (χ2n) is 10.2. The maximum Gasteiger partial charge on any atom is 0.242 e. The van der Waals surface area contributed by atoms with Crippen LogP contribution in [-0.4, -0.2) is 29.3 Å². The minimum Gasteiger partial charge on any atom is -0.0706 e. The summed E-state index contributed by atoms with van der Waals surface area (Å²) in [5.41, 5.74) is 7.07. The second-order valence-corrected chi connectivity index (χ2v) is 16.9. The van der Waals surface area contributed by atoms with E-state index in [1.54, 1.807) is 10.6 Å². The molecule has 33 heavy (non-hydrogen) atoms.